The minimum Gasteiger partial charge on any atom is -0.444 e. The van der Waals surface area contributed by atoms with Gasteiger partial charge in [0, 0.05) is 31.2 Å². The summed E-state index contributed by atoms with van der Waals surface area (Å²) < 4.78 is 7.29. The number of para-hydroxylation sites is 1. The Balaban J connectivity index is 1.56. The zero-order chi connectivity index (χ0) is 23.8. The van der Waals surface area contributed by atoms with Crippen LogP contribution in [0.3, 0.4) is 0 Å². The van der Waals surface area contributed by atoms with E-state index in [1.165, 1.54) is 0 Å². The van der Waals surface area contributed by atoms with Crippen molar-refractivity contribution in [2.75, 3.05) is 13.1 Å². The Hall–Kier alpha value is -3.68. The maximum atomic E-state index is 12.7. The third kappa shape index (κ3) is 7.17. The summed E-state index contributed by atoms with van der Waals surface area (Å²) in [7, 11) is 0. The molecule has 1 N–H and O–H groups in total. The van der Waals surface area contributed by atoms with E-state index in [2.05, 4.69) is 15.4 Å². The van der Waals surface area contributed by atoms with Gasteiger partial charge in [-0.3, -0.25) is 9.78 Å². The van der Waals surface area contributed by atoms with Crippen LogP contribution in [0.4, 0.5) is 4.79 Å². The average molecular weight is 450 g/mol. The molecule has 1 aromatic carbocycles. The summed E-state index contributed by atoms with van der Waals surface area (Å²) in [5.74, 6) is -0.246. The molecular formula is C25H31N5O3. The fourth-order valence-corrected chi connectivity index (χ4v) is 3.25. The molecule has 3 rings (SSSR count). The maximum Gasteiger partial charge on any atom is 0.410 e. The summed E-state index contributed by atoms with van der Waals surface area (Å²) in [5, 5.41) is 7.32. The number of hydrogen-bond donors (Lipinski definition) is 1. The molecule has 174 valence electrons. The van der Waals surface area contributed by atoms with Crippen molar-refractivity contribution in [1.82, 2.24) is 25.0 Å². The molecule has 0 saturated heterocycles. The van der Waals surface area contributed by atoms with Gasteiger partial charge < -0.3 is 15.0 Å². The Bertz CT molecular complexity index is 1060. The van der Waals surface area contributed by atoms with Crippen LogP contribution >= 0.6 is 0 Å². The molecule has 3 aromatic rings. The van der Waals surface area contributed by atoms with Crippen LogP contribution in [0, 0.1) is 6.92 Å². The number of amides is 2. The molecule has 0 fully saturated rings. The summed E-state index contributed by atoms with van der Waals surface area (Å²) >= 11 is 0. The molecule has 2 amide bonds. The first kappa shape index (κ1) is 24.0. The van der Waals surface area contributed by atoms with Crippen LogP contribution in [0.25, 0.3) is 5.69 Å². The van der Waals surface area contributed by atoms with Crippen LogP contribution in [0.2, 0.25) is 0 Å². The largest absolute Gasteiger partial charge is 0.444 e. The maximum absolute atomic E-state index is 12.7. The minimum atomic E-state index is -0.589. The van der Waals surface area contributed by atoms with E-state index in [9.17, 15) is 9.59 Å². The predicted octanol–water partition coefficient (Wildman–Crippen LogP) is 4.13. The molecule has 0 aliphatic rings. The zero-order valence-corrected chi connectivity index (χ0v) is 19.6. The topological polar surface area (TPSA) is 89.3 Å². The molecule has 0 radical (unpaired) electrons. The zero-order valence-electron chi connectivity index (χ0n) is 19.6. The molecule has 0 unspecified atom stereocenters. The van der Waals surface area contributed by atoms with E-state index in [0.717, 1.165) is 16.9 Å². The summed E-state index contributed by atoms with van der Waals surface area (Å²) in [6, 6.07) is 15.2. The standard InChI is InChI=1S/C25H31N5O3/c1-19-16-22(28-30(19)21-11-6-5-7-12-21)23(31)27-14-9-15-29(24(32)33-25(2,3)4)18-20-10-8-13-26-17-20/h5-8,10-13,16-17H,9,14-15,18H2,1-4H3,(H,27,31). The Labute approximate surface area is 194 Å². The number of nitrogens with one attached hydrogen (secondary N) is 1. The lowest BCUT2D eigenvalue weighted by molar-refractivity contribution is 0.0232. The first-order valence-electron chi connectivity index (χ1n) is 11.0. The van der Waals surface area contributed by atoms with Gasteiger partial charge in [0.2, 0.25) is 0 Å². The molecule has 0 atom stereocenters. The highest BCUT2D eigenvalue weighted by molar-refractivity contribution is 5.92. The van der Waals surface area contributed by atoms with E-state index < -0.39 is 11.7 Å². The second kappa shape index (κ2) is 10.8. The first-order valence-corrected chi connectivity index (χ1v) is 11.0. The Morgan fingerprint density at radius 3 is 2.55 bits per heavy atom. The number of pyridine rings is 1. The second-order valence-corrected chi connectivity index (χ2v) is 8.79. The van der Waals surface area contributed by atoms with Crippen molar-refractivity contribution in [3.8, 4) is 5.69 Å². The van der Waals surface area contributed by atoms with Crippen molar-refractivity contribution in [1.29, 1.82) is 0 Å². The third-order valence-corrected chi connectivity index (χ3v) is 4.76. The number of hydrogen-bond acceptors (Lipinski definition) is 5. The molecule has 0 saturated carbocycles. The van der Waals surface area contributed by atoms with Gasteiger partial charge in [-0.15, -0.1) is 0 Å². The molecule has 2 aromatic heterocycles. The molecule has 8 nitrogen and oxygen atoms in total. The van der Waals surface area contributed by atoms with Gasteiger partial charge in [-0.1, -0.05) is 24.3 Å². The van der Waals surface area contributed by atoms with Gasteiger partial charge >= 0.3 is 6.09 Å². The lowest BCUT2D eigenvalue weighted by atomic mass is 10.2. The predicted molar refractivity (Wildman–Crippen MR) is 126 cm³/mol. The molecule has 33 heavy (non-hydrogen) atoms. The Morgan fingerprint density at radius 1 is 1.12 bits per heavy atom. The smallest absolute Gasteiger partial charge is 0.410 e. The Kier molecular flexibility index (Phi) is 7.82. The summed E-state index contributed by atoms with van der Waals surface area (Å²) in [4.78, 5) is 31.0. The monoisotopic (exact) mass is 449 g/mol. The van der Waals surface area contributed by atoms with Crippen LogP contribution in [0.15, 0.2) is 60.9 Å². The number of rotatable bonds is 8. The number of benzene rings is 1. The van der Waals surface area contributed by atoms with Crippen molar-refractivity contribution in [2.24, 2.45) is 0 Å². The van der Waals surface area contributed by atoms with Crippen molar-refractivity contribution in [2.45, 2.75) is 46.3 Å². The van der Waals surface area contributed by atoms with Gasteiger partial charge in [0.1, 0.15) is 5.60 Å². The SMILES string of the molecule is Cc1cc(C(=O)NCCCN(Cc2cccnc2)C(=O)OC(C)(C)C)nn1-c1ccccc1. The van der Waals surface area contributed by atoms with Crippen LogP contribution in [-0.4, -0.2) is 50.4 Å². The van der Waals surface area contributed by atoms with E-state index in [0.29, 0.717) is 31.7 Å². The van der Waals surface area contributed by atoms with Crippen LogP contribution in [0.1, 0.15) is 48.9 Å². The van der Waals surface area contributed by atoms with E-state index >= 15 is 0 Å². The highest BCUT2D eigenvalue weighted by Gasteiger charge is 2.22. The van der Waals surface area contributed by atoms with Gasteiger partial charge in [-0.05, 0) is 63.9 Å². The fourth-order valence-electron chi connectivity index (χ4n) is 3.25. The van der Waals surface area contributed by atoms with Crippen molar-refractivity contribution in [3.05, 3.63) is 77.9 Å². The van der Waals surface area contributed by atoms with E-state index in [1.807, 2.05) is 70.2 Å². The van der Waals surface area contributed by atoms with Crippen LogP contribution in [0.5, 0.6) is 0 Å². The van der Waals surface area contributed by atoms with E-state index in [-0.39, 0.29) is 5.91 Å². The highest BCUT2D eigenvalue weighted by atomic mass is 16.6. The third-order valence-electron chi connectivity index (χ3n) is 4.76. The van der Waals surface area contributed by atoms with Gasteiger partial charge in [0.15, 0.2) is 5.69 Å². The van der Waals surface area contributed by atoms with Gasteiger partial charge in [-0.2, -0.15) is 5.10 Å². The number of carbonyl (C=O) groups is 2. The second-order valence-electron chi connectivity index (χ2n) is 8.79. The minimum absolute atomic E-state index is 0.246. The molecule has 0 aliphatic carbocycles. The summed E-state index contributed by atoms with van der Waals surface area (Å²) in [6.07, 6.45) is 3.60. The molecular weight excluding hydrogens is 418 g/mol. The van der Waals surface area contributed by atoms with Gasteiger partial charge in [-0.25, -0.2) is 9.48 Å². The van der Waals surface area contributed by atoms with Crippen LogP contribution < -0.4 is 5.32 Å². The lowest BCUT2D eigenvalue weighted by Gasteiger charge is -2.27. The van der Waals surface area contributed by atoms with Gasteiger partial charge in [0.05, 0.1) is 12.2 Å². The molecule has 0 bridgehead atoms. The van der Waals surface area contributed by atoms with Gasteiger partial charge in [0.25, 0.3) is 5.91 Å². The number of aryl methyl sites for hydroxylation is 1. The number of ether oxygens (including phenoxy) is 1. The van der Waals surface area contributed by atoms with Crippen molar-refractivity contribution < 1.29 is 14.3 Å². The lowest BCUT2D eigenvalue weighted by Crippen LogP contribution is -2.38. The quantitative estimate of drug-likeness (QED) is 0.522. The van der Waals surface area contributed by atoms with Crippen LogP contribution in [-0.2, 0) is 11.3 Å². The Morgan fingerprint density at radius 2 is 1.88 bits per heavy atom. The number of carbonyl (C=O) groups excluding carboxylic acids is 2. The van der Waals surface area contributed by atoms with Crippen molar-refractivity contribution >= 4 is 12.0 Å². The normalized spacial score (nSPS) is 11.2. The molecule has 8 heteroatoms. The van der Waals surface area contributed by atoms with E-state index in [1.54, 1.807) is 28.0 Å². The number of nitrogens with zero attached hydrogens (tertiary/aromatic N) is 4. The summed E-state index contributed by atoms with van der Waals surface area (Å²) in [6.45, 7) is 8.65. The molecule has 2 heterocycles. The molecule has 0 aliphatic heterocycles. The first-order chi connectivity index (χ1) is 15.7. The number of aromatic nitrogens is 3. The van der Waals surface area contributed by atoms with E-state index in [4.69, 9.17) is 4.74 Å². The fraction of sp³-hybridized carbons (Fsp3) is 0.360. The highest BCUT2D eigenvalue weighted by Crippen LogP contribution is 2.14. The average Bonchev–Trinajstić information content (AvgIpc) is 3.17. The summed E-state index contributed by atoms with van der Waals surface area (Å²) in [5.41, 5.74) is 2.45. The molecule has 0 spiro atoms. The van der Waals surface area contributed by atoms with Crippen molar-refractivity contribution in [3.63, 3.8) is 0 Å².